The summed E-state index contributed by atoms with van der Waals surface area (Å²) in [5.74, 6) is 0. The van der Waals surface area contributed by atoms with E-state index < -0.39 is 0 Å². The number of benzene rings is 1. The van der Waals surface area contributed by atoms with Crippen molar-refractivity contribution >= 4 is 0 Å². The molecule has 1 aromatic carbocycles. The first-order chi connectivity index (χ1) is 7.72. The molecule has 1 heterocycles. The summed E-state index contributed by atoms with van der Waals surface area (Å²) in [5.41, 5.74) is 4.16. The second-order valence-corrected chi connectivity index (χ2v) is 4.81. The van der Waals surface area contributed by atoms with E-state index >= 15 is 0 Å². The van der Waals surface area contributed by atoms with Crippen molar-refractivity contribution in [1.29, 1.82) is 0 Å². The highest BCUT2D eigenvalue weighted by Crippen LogP contribution is 2.22. The first-order valence-corrected chi connectivity index (χ1v) is 6.12. The lowest BCUT2D eigenvalue weighted by Gasteiger charge is -2.23. The normalized spacial score (nSPS) is 21.6. The molecule has 1 aromatic rings. The fraction of sp³-hybridized carbons (Fsp3) is 0.571. The molecule has 0 aromatic heterocycles. The highest BCUT2D eigenvalue weighted by molar-refractivity contribution is 5.33. The molecule has 0 unspecified atom stereocenters. The molecule has 0 saturated carbocycles. The summed E-state index contributed by atoms with van der Waals surface area (Å²) in [5, 5.41) is 9.30. The molecule has 0 bridgehead atoms. The van der Waals surface area contributed by atoms with E-state index in [1.165, 1.54) is 23.1 Å². The molecular weight excluding hydrogens is 198 g/mol. The Morgan fingerprint density at radius 3 is 2.94 bits per heavy atom. The first-order valence-electron chi connectivity index (χ1n) is 6.12. The van der Waals surface area contributed by atoms with Crippen LogP contribution in [-0.4, -0.2) is 29.2 Å². The third kappa shape index (κ3) is 2.28. The molecule has 2 rings (SSSR count). The summed E-state index contributed by atoms with van der Waals surface area (Å²) in [4.78, 5) is 2.40. The molecule has 88 valence electrons. The number of aryl methyl sites for hydroxylation is 1. The molecule has 16 heavy (non-hydrogen) atoms. The van der Waals surface area contributed by atoms with Crippen LogP contribution in [0.2, 0.25) is 0 Å². The van der Waals surface area contributed by atoms with Crippen LogP contribution >= 0.6 is 0 Å². The van der Waals surface area contributed by atoms with E-state index in [9.17, 15) is 5.11 Å². The maximum absolute atomic E-state index is 9.30. The molecule has 0 amide bonds. The quantitative estimate of drug-likeness (QED) is 0.843. The van der Waals surface area contributed by atoms with Gasteiger partial charge in [-0.2, -0.15) is 0 Å². The zero-order chi connectivity index (χ0) is 11.5. The highest BCUT2D eigenvalue weighted by atomic mass is 16.3. The van der Waals surface area contributed by atoms with Gasteiger partial charge in [0.1, 0.15) is 0 Å². The van der Waals surface area contributed by atoms with Gasteiger partial charge >= 0.3 is 0 Å². The number of likely N-dealkylation sites (tertiary alicyclic amines) is 1. The van der Waals surface area contributed by atoms with Crippen LogP contribution in [0.25, 0.3) is 0 Å². The molecule has 2 heteroatoms. The predicted octanol–water partition coefficient (Wildman–Crippen LogP) is 2.26. The number of aliphatic hydroxyl groups excluding tert-OH is 1. The summed E-state index contributed by atoms with van der Waals surface area (Å²) >= 11 is 0. The second kappa shape index (κ2) is 4.98. The molecule has 1 aliphatic heterocycles. The van der Waals surface area contributed by atoms with E-state index in [1.54, 1.807) is 0 Å². The lowest BCUT2D eigenvalue weighted by atomic mass is 10.0. The Balaban J connectivity index is 2.11. The zero-order valence-electron chi connectivity index (χ0n) is 10.2. The van der Waals surface area contributed by atoms with Crippen molar-refractivity contribution in [3.63, 3.8) is 0 Å². The van der Waals surface area contributed by atoms with Crippen molar-refractivity contribution in [3.05, 3.63) is 34.9 Å². The van der Waals surface area contributed by atoms with Gasteiger partial charge in [0.25, 0.3) is 0 Å². The van der Waals surface area contributed by atoms with Crippen molar-refractivity contribution in [2.45, 2.75) is 39.3 Å². The summed E-state index contributed by atoms with van der Waals surface area (Å²) in [6, 6.07) is 6.86. The predicted molar refractivity (Wildman–Crippen MR) is 66.4 cm³/mol. The van der Waals surface area contributed by atoms with Crippen LogP contribution in [0.1, 0.15) is 29.5 Å². The highest BCUT2D eigenvalue weighted by Gasteiger charge is 2.23. The molecule has 1 aliphatic rings. The van der Waals surface area contributed by atoms with Gasteiger partial charge in [-0.25, -0.2) is 0 Å². The maximum atomic E-state index is 9.30. The minimum Gasteiger partial charge on any atom is -0.395 e. The van der Waals surface area contributed by atoms with Crippen LogP contribution in [0.4, 0.5) is 0 Å². The summed E-state index contributed by atoms with van der Waals surface area (Å²) in [7, 11) is 0. The molecule has 1 fully saturated rings. The number of hydrogen-bond donors (Lipinski definition) is 1. The minimum absolute atomic E-state index is 0.296. The van der Waals surface area contributed by atoms with Gasteiger partial charge in [0.15, 0.2) is 0 Å². The van der Waals surface area contributed by atoms with Crippen molar-refractivity contribution in [2.24, 2.45) is 0 Å². The first kappa shape index (κ1) is 11.6. The average Bonchev–Trinajstić information content (AvgIpc) is 2.72. The smallest absolute Gasteiger partial charge is 0.0587 e. The molecule has 0 radical (unpaired) electrons. The van der Waals surface area contributed by atoms with E-state index in [-0.39, 0.29) is 0 Å². The lowest BCUT2D eigenvalue weighted by molar-refractivity contribution is 0.153. The largest absolute Gasteiger partial charge is 0.395 e. The van der Waals surface area contributed by atoms with Gasteiger partial charge in [-0.15, -0.1) is 0 Å². The van der Waals surface area contributed by atoms with Crippen LogP contribution in [0.15, 0.2) is 18.2 Å². The molecule has 0 aliphatic carbocycles. The van der Waals surface area contributed by atoms with Gasteiger partial charge in [-0.05, 0) is 49.9 Å². The summed E-state index contributed by atoms with van der Waals surface area (Å²) in [6.07, 6.45) is 2.36. The van der Waals surface area contributed by atoms with E-state index in [0.29, 0.717) is 12.6 Å². The number of aliphatic hydroxyl groups is 1. The number of rotatable bonds is 3. The Hall–Kier alpha value is -0.860. The Kier molecular flexibility index (Phi) is 3.62. The van der Waals surface area contributed by atoms with Gasteiger partial charge in [0.2, 0.25) is 0 Å². The Bertz CT molecular complexity index is 362. The van der Waals surface area contributed by atoms with E-state index in [1.807, 2.05) is 0 Å². The Morgan fingerprint density at radius 2 is 2.19 bits per heavy atom. The van der Waals surface area contributed by atoms with Crippen molar-refractivity contribution < 1.29 is 5.11 Å². The number of nitrogens with zero attached hydrogens (tertiary/aromatic N) is 1. The van der Waals surface area contributed by atoms with Crippen molar-refractivity contribution in [1.82, 2.24) is 4.90 Å². The average molecular weight is 219 g/mol. The fourth-order valence-corrected chi connectivity index (χ4v) is 2.51. The molecular formula is C14H21NO. The lowest BCUT2D eigenvalue weighted by Crippen LogP contribution is -2.31. The van der Waals surface area contributed by atoms with Gasteiger partial charge in [0, 0.05) is 12.6 Å². The van der Waals surface area contributed by atoms with Gasteiger partial charge < -0.3 is 5.11 Å². The van der Waals surface area contributed by atoms with Crippen LogP contribution in [0.5, 0.6) is 0 Å². The van der Waals surface area contributed by atoms with Gasteiger partial charge in [-0.1, -0.05) is 18.2 Å². The zero-order valence-corrected chi connectivity index (χ0v) is 10.2. The van der Waals surface area contributed by atoms with Crippen LogP contribution in [-0.2, 0) is 6.54 Å². The molecule has 1 N–H and O–H groups in total. The van der Waals surface area contributed by atoms with Crippen LogP contribution < -0.4 is 0 Å². The van der Waals surface area contributed by atoms with E-state index in [2.05, 4.69) is 36.9 Å². The van der Waals surface area contributed by atoms with Crippen molar-refractivity contribution in [2.75, 3.05) is 13.2 Å². The summed E-state index contributed by atoms with van der Waals surface area (Å²) in [6.45, 7) is 6.75. The van der Waals surface area contributed by atoms with Gasteiger partial charge in [0.05, 0.1) is 6.61 Å². The van der Waals surface area contributed by atoms with Crippen LogP contribution in [0.3, 0.4) is 0 Å². The Labute approximate surface area is 97.9 Å². The monoisotopic (exact) mass is 219 g/mol. The Morgan fingerprint density at radius 1 is 1.38 bits per heavy atom. The standard InChI is InChI=1S/C14H21NO/c1-11-5-3-6-13(12(11)2)9-15-8-4-7-14(15)10-16/h3,5-6,14,16H,4,7-10H2,1-2H3/t14-/m0/s1. The SMILES string of the molecule is Cc1cccc(CN2CCC[C@H]2CO)c1C. The third-order valence-electron chi connectivity index (χ3n) is 3.80. The van der Waals surface area contributed by atoms with Crippen molar-refractivity contribution in [3.8, 4) is 0 Å². The maximum Gasteiger partial charge on any atom is 0.0587 e. The number of hydrogen-bond acceptors (Lipinski definition) is 2. The molecule has 1 atom stereocenters. The molecule has 2 nitrogen and oxygen atoms in total. The fourth-order valence-electron chi connectivity index (χ4n) is 2.51. The summed E-state index contributed by atoms with van der Waals surface area (Å²) < 4.78 is 0. The van der Waals surface area contributed by atoms with Gasteiger partial charge in [-0.3, -0.25) is 4.90 Å². The third-order valence-corrected chi connectivity index (χ3v) is 3.80. The molecule has 0 spiro atoms. The molecule has 1 saturated heterocycles. The second-order valence-electron chi connectivity index (χ2n) is 4.81. The topological polar surface area (TPSA) is 23.5 Å². The minimum atomic E-state index is 0.296. The van der Waals surface area contributed by atoms with Crippen LogP contribution in [0, 0.1) is 13.8 Å². The van der Waals surface area contributed by atoms with E-state index in [0.717, 1.165) is 19.5 Å². The van der Waals surface area contributed by atoms with E-state index in [4.69, 9.17) is 0 Å².